The minimum Gasteiger partial charge on any atom is -0.376 e. The maximum atomic E-state index is 6.59. The highest BCUT2D eigenvalue weighted by Crippen LogP contribution is 2.44. The van der Waals surface area contributed by atoms with Gasteiger partial charge in [0.05, 0.1) is 6.10 Å². The summed E-state index contributed by atoms with van der Waals surface area (Å²) in [6.45, 7) is 0.784. The molecule has 2 fully saturated rings. The van der Waals surface area contributed by atoms with Gasteiger partial charge >= 0.3 is 0 Å². The van der Waals surface area contributed by atoms with Gasteiger partial charge in [-0.1, -0.05) is 33.6 Å². The first kappa shape index (κ1) is 12.9. The Morgan fingerprint density at radius 2 is 2.22 bits per heavy atom. The number of ether oxygens (including phenoxy) is 1. The van der Waals surface area contributed by atoms with Crippen molar-refractivity contribution in [2.75, 3.05) is 6.61 Å². The van der Waals surface area contributed by atoms with E-state index in [0.29, 0.717) is 5.92 Å². The van der Waals surface area contributed by atoms with Crippen molar-refractivity contribution >= 4 is 27.5 Å². The summed E-state index contributed by atoms with van der Waals surface area (Å²) in [5.41, 5.74) is 7.47. The van der Waals surface area contributed by atoms with Crippen LogP contribution in [0.15, 0.2) is 22.7 Å². The van der Waals surface area contributed by atoms with E-state index in [1.807, 2.05) is 12.1 Å². The molecule has 2 N–H and O–H groups in total. The van der Waals surface area contributed by atoms with E-state index >= 15 is 0 Å². The van der Waals surface area contributed by atoms with E-state index in [4.69, 9.17) is 22.1 Å². The van der Waals surface area contributed by atoms with Crippen molar-refractivity contribution in [1.29, 1.82) is 0 Å². The molecular weight excluding hydrogens is 314 g/mol. The maximum Gasteiger partial charge on any atom is 0.0786 e. The van der Waals surface area contributed by atoms with Gasteiger partial charge in [0.15, 0.2) is 0 Å². The van der Waals surface area contributed by atoms with Gasteiger partial charge in [0.1, 0.15) is 0 Å². The monoisotopic (exact) mass is 329 g/mol. The number of benzene rings is 1. The van der Waals surface area contributed by atoms with Crippen molar-refractivity contribution in [1.82, 2.24) is 0 Å². The van der Waals surface area contributed by atoms with Crippen LogP contribution >= 0.6 is 27.5 Å². The Morgan fingerprint density at radius 1 is 1.44 bits per heavy atom. The molecule has 98 valence electrons. The fourth-order valence-corrected chi connectivity index (χ4v) is 3.64. The molecule has 4 heteroatoms. The molecule has 2 nitrogen and oxygen atoms in total. The standard InChI is InChI=1S/C14H17BrClNO/c15-11-4-3-10(12(16)7-11)8-14(17)5-6-18-13(14)9-1-2-9/h3-4,7,9,13H,1-2,5-6,8,17H2. The molecule has 1 saturated heterocycles. The van der Waals surface area contributed by atoms with E-state index in [2.05, 4.69) is 22.0 Å². The van der Waals surface area contributed by atoms with Crippen molar-refractivity contribution in [2.45, 2.75) is 37.3 Å². The molecule has 0 amide bonds. The SMILES string of the molecule is NC1(Cc2ccc(Br)cc2Cl)CCOC1C1CC1. The first-order valence-corrected chi connectivity index (χ1v) is 7.60. The lowest BCUT2D eigenvalue weighted by Crippen LogP contribution is -2.50. The molecule has 0 radical (unpaired) electrons. The second kappa shape index (κ2) is 4.78. The zero-order valence-corrected chi connectivity index (χ0v) is 12.5. The average Bonchev–Trinajstić information content (AvgIpc) is 3.07. The smallest absolute Gasteiger partial charge is 0.0786 e. The molecule has 1 aromatic carbocycles. The van der Waals surface area contributed by atoms with Crippen molar-refractivity contribution in [2.24, 2.45) is 11.7 Å². The van der Waals surface area contributed by atoms with Gasteiger partial charge in [0.25, 0.3) is 0 Å². The normalized spacial score (nSPS) is 31.8. The van der Waals surface area contributed by atoms with Gasteiger partial charge in [0.2, 0.25) is 0 Å². The predicted octanol–water partition coefficient (Wildman–Crippen LogP) is 3.54. The Balaban J connectivity index is 1.81. The van der Waals surface area contributed by atoms with Crippen LogP contribution in [-0.2, 0) is 11.2 Å². The molecule has 0 bridgehead atoms. The number of hydrogen-bond donors (Lipinski definition) is 1. The van der Waals surface area contributed by atoms with E-state index in [1.165, 1.54) is 12.8 Å². The summed E-state index contributed by atoms with van der Waals surface area (Å²) in [6.07, 6.45) is 4.48. The van der Waals surface area contributed by atoms with Gasteiger partial charge in [-0.15, -0.1) is 0 Å². The number of nitrogens with two attached hydrogens (primary N) is 1. The van der Waals surface area contributed by atoms with Crippen LogP contribution in [0.1, 0.15) is 24.8 Å². The molecule has 18 heavy (non-hydrogen) atoms. The summed E-state index contributed by atoms with van der Waals surface area (Å²) in [7, 11) is 0. The fraction of sp³-hybridized carbons (Fsp3) is 0.571. The maximum absolute atomic E-state index is 6.59. The van der Waals surface area contributed by atoms with Crippen molar-refractivity contribution in [3.8, 4) is 0 Å². The molecule has 1 saturated carbocycles. The van der Waals surface area contributed by atoms with Crippen LogP contribution in [0.3, 0.4) is 0 Å². The van der Waals surface area contributed by atoms with Crippen LogP contribution in [-0.4, -0.2) is 18.2 Å². The third kappa shape index (κ3) is 2.46. The Bertz CT molecular complexity index is 463. The predicted molar refractivity (Wildman–Crippen MR) is 76.9 cm³/mol. The van der Waals surface area contributed by atoms with Crippen molar-refractivity contribution < 1.29 is 4.74 Å². The van der Waals surface area contributed by atoms with Gasteiger partial charge in [-0.05, 0) is 49.3 Å². The Hall–Kier alpha value is -0.0900. The molecule has 1 aromatic rings. The molecule has 1 aliphatic heterocycles. The molecule has 3 rings (SSSR count). The minimum absolute atomic E-state index is 0.220. The fourth-order valence-electron chi connectivity index (χ4n) is 2.90. The average molecular weight is 331 g/mol. The topological polar surface area (TPSA) is 35.2 Å². The highest BCUT2D eigenvalue weighted by atomic mass is 79.9. The van der Waals surface area contributed by atoms with Crippen molar-refractivity contribution in [3.63, 3.8) is 0 Å². The number of rotatable bonds is 3. The zero-order chi connectivity index (χ0) is 12.8. The lowest BCUT2D eigenvalue weighted by molar-refractivity contribution is 0.0627. The lowest BCUT2D eigenvalue weighted by atomic mass is 9.83. The molecule has 2 atom stereocenters. The molecule has 2 aliphatic rings. The van der Waals surface area contributed by atoms with Crippen LogP contribution in [0.25, 0.3) is 0 Å². The van der Waals surface area contributed by atoms with Crippen LogP contribution < -0.4 is 5.73 Å². The summed E-state index contributed by atoms with van der Waals surface area (Å²) in [5, 5.41) is 0.788. The Kier molecular flexibility index (Phi) is 3.43. The lowest BCUT2D eigenvalue weighted by Gasteiger charge is -2.30. The largest absolute Gasteiger partial charge is 0.376 e. The van der Waals surface area contributed by atoms with E-state index in [-0.39, 0.29) is 11.6 Å². The second-order valence-electron chi connectivity index (χ2n) is 5.52. The number of hydrogen-bond acceptors (Lipinski definition) is 2. The van der Waals surface area contributed by atoms with Gasteiger partial charge < -0.3 is 10.5 Å². The zero-order valence-electron chi connectivity index (χ0n) is 10.2. The van der Waals surface area contributed by atoms with E-state index in [0.717, 1.165) is 34.5 Å². The van der Waals surface area contributed by atoms with Crippen LogP contribution in [0.2, 0.25) is 5.02 Å². The highest BCUT2D eigenvalue weighted by Gasteiger charge is 2.48. The first-order valence-electron chi connectivity index (χ1n) is 6.43. The summed E-state index contributed by atoms with van der Waals surface area (Å²) >= 11 is 9.71. The molecule has 0 aromatic heterocycles. The van der Waals surface area contributed by atoms with Gasteiger partial charge in [-0.3, -0.25) is 0 Å². The number of halogens is 2. The van der Waals surface area contributed by atoms with Crippen LogP contribution in [0.5, 0.6) is 0 Å². The summed E-state index contributed by atoms with van der Waals surface area (Å²) < 4.78 is 6.85. The van der Waals surface area contributed by atoms with Gasteiger partial charge in [-0.25, -0.2) is 0 Å². The van der Waals surface area contributed by atoms with Crippen molar-refractivity contribution in [3.05, 3.63) is 33.3 Å². The summed E-state index contributed by atoms with van der Waals surface area (Å²) in [6, 6.07) is 6.01. The van der Waals surface area contributed by atoms with Crippen LogP contribution in [0, 0.1) is 5.92 Å². The molecular formula is C14H17BrClNO. The second-order valence-corrected chi connectivity index (χ2v) is 6.85. The summed E-state index contributed by atoms with van der Waals surface area (Å²) in [5.74, 6) is 0.673. The molecule has 1 heterocycles. The highest BCUT2D eigenvalue weighted by molar-refractivity contribution is 9.10. The quantitative estimate of drug-likeness (QED) is 0.920. The van der Waals surface area contributed by atoms with Gasteiger partial charge in [-0.2, -0.15) is 0 Å². The van der Waals surface area contributed by atoms with E-state index in [1.54, 1.807) is 0 Å². The minimum atomic E-state index is -0.237. The van der Waals surface area contributed by atoms with Crippen LogP contribution in [0.4, 0.5) is 0 Å². The van der Waals surface area contributed by atoms with Gasteiger partial charge in [0, 0.05) is 21.6 Å². The first-order chi connectivity index (χ1) is 8.58. The third-order valence-electron chi connectivity index (χ3n) is 4.02. The summed E-state index contributed by atoms with van der Waals surface area (Å²) in [4.78, 5) is 0. The Labute approximate surface area is 121 Å². The Morgan fingerprint density at radius 3 is 2.89 bits per heavy atom. The van der Waals surface area contributed by atoms with E-state index < -0.39 is 0 Å². The molecule has 0 spiro atoms. The van der Waals surface area contributed by atoms with E-state index in [9.17, 15) is 0 Å². The molecule has 1 aliphatic carbocycles. The molecule has 2 unspecified atom stereocenters. The third-order valence-corrected chi connectivity index (χ3v) is 4.86.